The molecular formula is C15H16N2O4S2. The van der Waals surface area contributed by atoms with Crippen LogP contribution in [0.3, 0.4) is 0 Å². The van der Waals surface area contributed by atoms with E-state index in [0.29, 0.717) is 5.56 Å². The van der Waals surface area contributed by atoms with Gasteiger partial charge in [0, 0.05) is 30.1 Å². The van der Waals surface area contributed by atoms with Crippen LogP contribution in [-0.2, 0) is 16.6 Å². The molecule has 1 heterocycles. The molecule has 0 aliphatic rings. The van der Waals surface area contributed by atoms with Gasteiger partial charge in [-0.05, 0) is 23.9 Å². The van der Waals surface area contributed by atoms with Crippen molar-refractivity contribution in [3.8, 4) is 0 Å². The minimum absolute atomic E-state index is 0.0508. The highest BCUT2D eigenvalue weighted by Gasteiger charge is 2.27. The third-order valence-electron chi connectivity index (χ3n) is 3.25. The molecule has 0 amide bonds. The van der Waals surface area contributed by atoms with E-state index < -0.39 is 14.9 Å². The van der Waals surface area contributed by atoms with Gasteiger partial charge in [0.25, 0.3) is 5.69 Å². The largest absolute Gasteiger partial charge is 0.270 e. The molecule has 23 heavy (non-hydrogen) atoms. The van der Waals surface area contributed by atoms with Gasteiger partial charge in [0.2, 0.25) is 10.0 Å². The van der Waals surface area contributed by atoms with Gasteiger partial charge in [0.1, 0.15) is 0 Å². The summed E-state index contributed by atoms with van der Waals surface area (Å²) in [7, 11) is -3.86. The number of hydrogen-bond donors (Lipinski definition) is 0. The second-order valence-electron chi connectivity index (χ2n) is 4.87. The molecule has 122 valence electrons. The molecule has 8 heteroatoms. The lowest BCUT2D eigenvalue weighted by molar-refractivity contribution is -0.385. The first-order valence-corrected chi connectivity index (χ1v) is 9.06. The third-order valence-corrected chi connectivity index (χ3v) is 6.06. The summed E-state index contributed by atoms with van der Waals surface area (Å²) in [5, 5.41) is 12.8. The fourth-order valence-corrected chi connectivity index (χ4v) is 4.52. The Hall–Kier alpha value is -2.03. The molecule has 0 atom stereocenters. The summed E-state index contributed by atoms with van der Waals surface area (Å²) in [5.41, 5.74) is 0.222. The van der Waals surface area contributed by atoms with Crippen LogP contribution < -0.4 is 0 Å². The van der Waals surface area contributed by atoms with E-state index in [4.69, 9.17) is 0 Å². The van der Waals surface area contributed by atoms with Crippen LogP contribution >= 0.6 is 11.3 Å². The zero-order chi connectivity index (χ0) is 17.0. The molecule has 6 nitrogen and oxygen atoms in total. The van der Waals surface area contributed by atoms with Crippen molar-refractivity contribution < 1.29 is 13.3 Å². The number of nitro groups is 1. The van der Waals surface area contributed by atoms with Crippen LogP contribution in [0.5, 0.6) is 0 Å². The standard InChI is InChI=1S/C15H16N2O4S2/c1-3-8-16(11-14-5-4-9-22-14)23(20,21)15-10-13(17(18)19)7-6-12(15)2/h3-7,9-10H,1,8,11H2,2H3. The molecule has 0 unspecified atom stereocenters. The van der Waals surface area contributed by atoms with Crippen LogP contribution in [0.15, 0.2) is 53.3 Å². The number of nitrogens with zero attached hydrogens (tertiary/aromatic N) is 2. The van der Waals surface area contributed by atoms with Gasteiger partial charge in [-0.25, -0.2) is 8.42 Å². The Kier molecular flexibility index (Phi) is 5.30. The van der Waals surface area contributed by atoms with E-state index in [1.807, 2.05) is 17.5 Å². The van der Waals surface area contributed by atoms with E-state index in [1.54, 1.807) is 6.92 Å². The maximum absolute atomic E-state index is 12.9. The van der Waals surface area contributed by atoms with Crippen molar-refractivity contribution in [2.75, 3.05) is 6.54 Å². The molecule has 0 radical (unpaired) electrons. The van der Waals surface area contributed by atoms with Gasteiger partial charge in [0.15, 0.2) is 0 Å². The first kappa shape index (κ1) is 17.3. The number of aryl methyl sites for hydroxylation is 1. The Morgan fingerprint density at radius 1 is 1.39 bits per heavy atom. The molecule has 0 spiro atoms. The number of thiophene rings is 1. The summed E-state index contributed by atoms with van der Waals surface area (Å²) < 4.78 is 27.1. The second kappa shape index (κ2) is 7.03. The van der Waals surface area contributed by atoms with Crippen LogP contribution in [0.25, 0.3) is 0 Å². The minimum atomic E-state index is -3.86. The molecule has 0 aliphatic carbocycles. The van der Waals surface area contributed by atoms with E-state index in [9.17, 15) is 18.5 Å². The van der Waals surface area contributed by atoms with Gasteiger partial charge < -0.3 is 0 Å². The lowest BCUT2D eigenvalue weighted by atomic mass is 10.2. The van der Waals surface area contributed by atoms with Crippen molar-refractivity contribution in [3.05, 3.63) is 68.9 Å². The second-order valence-corrected chi connectivity index (χ2v) is 7.81. The number of non-ortho nitro benzene ring substituents is 1. The first-order chi connectivity index (χ1) is 10.9. The highest BCUT2D eigenvalue weighted by Crippen LogP contribution is 2.26. The van der Waals surface area contributed by atoms with Crippen LogP contribution in [0.4, 0.5) is 5.69 Å². The van der Waals surface area contributed by atoms with E-state index in [0.717, 1.165) is 10.9 Å². The summed E-state index contributed by atoms with van der Waals surface area (Å²) >= 11 is 1.45. The van der Waals surface area contributed by atoms with Gasteiger partial charge in [-0.1, -0.05) is 18.2 Å². The summed E-state index contributed by atoms with van der Waals surface area (Å²) in [6.07, 6.45) is 1.50. The van der Waals surface area contributed by atoms with Crippen molar-refractivity contribution in [1.29, 1.82) is 0 Å². The first-order valence-electron chi connectivity index (χ1n) is 6.74. The van der Waals surface area contributed by atoms with Crippen molar-refractivity contribution in [1.82, 2.24) is 4.31 Å². The van der Waals surface area contributed by atoms with Gasteiger partial charge in [0.05, 0.1) is 9.82 Å². The third kappa shape index (κ3) is 3.84. The Bertz CT molecular complexity index is 814. The Morgan fingerprint density at radius 2 is 2.13 bits per heavy atom. The average Bonchev–Trinajstić information content (AvgIpc) is 3.00. The van der Waals surface area contributed by atoms with Crippen molar-refractivity contribution >= 4 is 27.0 Å². The number of nitro benzene ring substituents is 1. The van der Waals surface area contributed by atoms with Crippen LogP contribution in [0.2, 0.25) is 0 Å². The van der Waals surface area contributed by atoms with E-state index in [1.165, 1.54) is 33.9 Å². The zero-order valence-electron chi connectivity index (χ0n) is 12.5. The average molecular weight is 352 g/mol. The highest BCUT2D eigenvalue weighted by molar-refractivity contribution is 7.89. The predicted molar refractivity (Wildman–Crippen MR) is 89.9 cm³/mol. The molecule has 1 aromatic heterocycles. The SMILES string of the molecule is C=CCN(Cc1cccs1)S(=O)(=O)c1cc([N+](=O)[O-])ccc1C. The molecule has 0 fully saturated rings. The van der Waals surface area contributed by atoms with E-state index >= 15 is 0 Å². The molecule has 2 aromatic rings. The van der Waals surface area contributed by atoms with Crippen molar-refractivity contribution in [2.24, 2.45) is 0 Å². The molecule has 0 bridgehead atoms. The monoisotopic (exact) mass is 352 g/mol. The fourth-order valence-electron chi connectivity index (χ4n) is 2.09. The quantitative estimate of drug-likeness (QED) is 0.435. The number of rotatable bonds is 7. The maximum atomic E-state index is 12.9. The Labute approximate surface area is 138 Å². The normalized spacial score (nSPS) is 11.6. The molecular weight excluding hydrogens is 336 g/mol. The molecule has 0 saturated carbocycles. The smallest absolute Gasteiger partial charge is 0.258 e. The molecule has 0 aliphatic heterocycles. The van der Waals surface area contributed by atoms with Crippen LogP contribution in [0, 0.1) is 17.0 Å². The number of hydrogen-bond acceptors (Lipinski definition) is 5. The van der Waals surface area contributed by atoms with Gasteiger partial charge >= 0.3 is 0 Å². The maximum Gasteiger partial charge on any atom is 0.270 e. The number of sulfonamides is 1. The summed E-state index contributed by atoms with van der Waals surface area (Å²) in [5.74, 6) is 0. The molecule has 0 N–H and O–H groups in total. The Balaban J connectivity index is 2.46. The molecule has 1 aromatic carbocycles. The number of benzene rings is 1. The lowest BCUT2D eigenvalue weighted by Gasteiger charge is -2.21. The molecule has 2 rings (SSSR count). The van der Waals surface area contributed by atoms with Crippen molar-refractivity contribution in [3.63, 3.8) is 0 Å². The summed E-state index contributed by atoms with van der Waals surface area (Å²) in [6.45, 7) is 5.54. The summed E-state index contributed by atoms with van der Waals surface area (Å²) in [6, 6.07) is 7.54. The van der Waals surface area contributed by atoms with Gasteiger partial charge in [-0.15, -0.1) is 17.9 Å². The van der Waals surface area contributed by atoms with E-state index in [-0.39, 0.29) is 23.7 Å². The highest BCUT2D eigenvalue weighted by atomic mass is 32.2. The van der Waals surface area contributed by atoms with Crippen molar-refractivity contribution in [2.45, 2.75) is 18.4 Å². The van der Waals surface area contributed by atoms with Crippen LogP contribution in [-0.4, -0.2) is 24.2 Å². The summed E-state index contributed by atoms with van der Waals surface area (Å²) in [4.78, 5) is 11.2. The van der Waals surface area contributed by atoms with Gasteiger partial charge in [-0.3, -0.25) is 10.1 Å². The fraction of sp³-hybridized carbons (Fsp3) is 0.200. The lowest BCUT2D eigenvalue weighted by Crippen LogP contribution is -2.31. The van der Waals surface area contributed by atoms with Crippen LogP contribution in [0.1, 0.15) is 10.4 Å². The van der Waals surface area contributed by atoms with E-state index in [2.05, 4.69) is 6.58 Å². The van der Waals surface area contributed by atoms with Gasteiger partial charge in [-0.2, -0.15) is 4.31 Å². The minimum Gasteiger partial charge on any atom is -0.258 e. The topological polar surface area (TPSA) is 80.5 Å². The zero-order valence-corrected chi connectivity index (χ0v) is 14.1. The molecule has 0 saturated heterocycles. The Morgan fingerprint density at radius 3 is 2.70 bits per heavy atom. The predicted octanol–water partition coefficient (Wildman–Crippen LogP) is 3.34.